The fourth-order valence-electron chi connectivity index (χ4n) is 3.75. The standard InChI is InChI=1S/C25H18/c1-2-6-21-15-18(11-13-20(21)5-1)9-10-19-12-14-23-17-22-7-3-4-8-24(22)25(23)16-19/h1-16H,17H2/b10-9+. The molecule has 0 aromatic heterocycles. The fourth-order valence-corrected chi connectivity index (χ4v) is 3.75. The minimum Gasteiger partial charge on any atom is -0.0619 e. The van der Waals surface area contributed by atoms with Gasteiger partial charge < -0.3 is 0 Å². The molecule has 4 aromatic carbocycles. The van der Waals surface area contributed by atoms with Crippen molar-refractivity contribution in [2.24, 2.45) is 0 Å². The molecule has 0 amide bonds. The zero-order valence-corrected chi connectivity index (χ0v) is 13.9. The molecule has 0 spiro atoms. The van der Waals surface area contributed by atoms with Gasteiger partial charge in [0.2, 0.25) is 0 Å². The van der Waals surface area contributed by atoms with Gasteiger partial charge in [-0.2, -0.15) is 0 Å². The van der Waals surface area contributed by atoms with Crippen LogP contribution in [0.4, 0.5) is 0 Å². The third kappa shape index (κ3) is 2.56. The molecule has 0 atom stereocenters. The third-order valence-corrected chi connectivity index (χ3v) is 5.06. The van der Waals surface area contributed by atoms with E-state index in [1.165, 1.54) is 44.2 Å². The highest BCUT2D eigenvalue weighted by molar-refractivity contribution is 5.86. The van der Waals surface area contributed by atoms with Gasteiger partial charge in [0, 0.05) is 0 Å². The van der Waals surface area contributed by atoms with Gasteiger partial charge >= 0.3 is 0 Å². The Hall–Kier alpha value is -3.12. The van der Waals surface area contributed by atoms with Crippen LogP contribution in [0.3, 0.4) is 0 Å². The molecule has 0 radical (unpaired) electrons. The van der Waals surface area contributed by atoms with Crippen molar-refractivity contribution in [3.63, 3.8) is 0 Å². The number of benzene rings is 4. The molecular weight excluding hydrogens is 300 g/mol. The first kappa shape index (κ1) is 14.2. The molecule has 0 saturated carbocycles. The summed E-state index contributed by atoms with van der Waals surface area (Å²) in [5.74, 6) is 0. The van der Waals surface area contributed by atoms with E-state index in [9.17, 15) is 0 Å². The summed E-state index contributed by atoms with van der Waals surface area (Å²) in [5.41, 5.74) is 8.13. The van der Waals surface area contributed by atoms with Crippen LogP contribution in [0.25, 0.3) is 34.1 Å². The quantitative estimate of drug-likeness (QED) is 0.322. The Balaban J connectivity index is 1.49. The predicted molar refractivity (Wildman–Crippen MR) is 108 cm³/mol. The largest absolute Gasteiger partial charge is 0.0619 e. The summed E-state index contributed by atoms with van der Waals surface area (Å²) in [6.45, 7) is 0. The molecule has 0 N–H and O–H groups in total. The van der Waals surface area contributed by atoms with E-state index in [0.29, 0.717) is 0 Å². The first-order valence-corrected chi connectivity index (χ1v) is 8.75. The van der Waals surface area contributed by atoms with Gasteiger partial charge in [0.05, 0.1) is 0 Å². The van der Waals surface area contributed by atoms with Gasteiger partial charge in [-0.3, -0.25) is 0 Å². The van der Waals surface area contributed by atoms with Crippen molar-refractivity contribution < 1.29 is 0 Å². The maximum absolute atomic E-state index is 2.32. The van der Waals surface area contributed by atoms with Crippen LogP contribution in [0.5, 0.6) is 0 Å². The second kappa shape index (κ2) is 5.75. The maximum atomic E-state index is 2.32. The van der Waals surface area contributed by atoms with Crippen LogP contribution in [0, 0.1) is 0 Å². The third-order valence-electron chi connectivity index (χ3n) is 5.06. The molecule has 118 valence electrons. The minimum atomic E-state index is 1.06. The molecule has 0 saturated heterocycles. The van der Waals surface area contributed by atoms with E-state index in [-0.39, 0.29) is 0 Å². The van der Waals surface area contributed by atoms with Crippen LogP contribution in [-0.2, 0) is 6.42 Å². The van der Waals surface area contributed by atoms with Gasteiger partial charge in [0.15, 0.2) is 0 Å². The Labute approximate surface area is 148 Å². The molecule has 0 heterocycles. The highest BCUT2D eigenvalue weighted by atomic mass is 14.2. The second-order valence-electron chi connectivity index (χ2n) is 6.69. The summed E-state index contributed by atoms with van der Waals surface area (Å²) in [5, 5.41) is 2.57. The van der Waals surface area contributed by atoms with Gasteiger partial charge in [-0.15, -0.1) is 0 Å². The maximum Gasteiger partial charge on any atom is -0.00134 e. The highest BCUT2D eigenvalue weighted by Crippen LogP contribution is 2.37. The molecule has 5 rings (SSSR count). The summed E-state index contributed by atoms with van der Waals surface area (Å²) in [7, 11) is 0. The van der Waals surface area contributed by atoms with Crippen molar-refractivity contribution in [1.82, 2.24) is 0 Å². The van der Waals surface area contributed by atoms with E-state index in [1.807, 2.05) is 0 Å². The van der Waals surface area contributed by atoms with Crippen molar-refractivity contribution in [1.29, 1.82) is 0 Å². The summed E-state index contributed by atoms with van der Waals surface area (Å²) in [6.07, 6.45) is 5.47. The lowest BCUT2D eigenvalue weighted by atomic mass is 10.0. The van der Waals surface area contributed by atoms with Crippen LogP contribution < -0.4 is 0 Å². The topological polar surface area (TPSA) is 0 Å². The van der Waals surface area contributed by atoms with Crippen LogP contribution in [-0.4, -0.2) is 0 Å². The lowest BCUT2D eigenvalue weighted by molar-refractivity contribution is 1.26. The molecule has 1 aliphatic rings. The predicted octanol–water partition coefficient (Wildman–Crippen LogP) is 6.58. The molecule has 0 bridgehead atoms. The van der Waals surface area contributed by atoms with E-state index in [4.69, 9.17) is 0 Å². The van der Waals surface area contributed by atoms with Crippen molar-refractivity contribution in [3.05, 3.63) is 107 Å². The normalized spacial score (nSPS) is 12.5. The Morgan fingerprint density at radius 2 is 1.20 bits per heavy atom. The van der Waals surface area contributed by atoms with Crippen LogP contribution in [0.15, 0.2) is 84.9 Å². The van der Waals surface area contributed by atoms with Gasteiger partial charge in [-0.25, -0.2) is 0 Å². The smallest absolute Gasteiger partial charge is 0.00134 e. The Bertz CT molecular complexity index is 1120. The van der Waals surface area contributed by atoms with E-state index >= 15 is 0 Å². The summed E-state index contributed by atoms with van der Waals surface area (Å²) < 4.78 is 0. The average molecular weight is 318 g/mol. The van der Waals surface area contributed by atoms with E-state index < -0.39 is 0 Å². The van der Waals surface area contributed by atoms with Gasteiger partial charge in [0.1, 0.15) is 0 Å². The van der Waals surface area contributed by atoms with E-state index in [0.717, 1.165) is 6.42 Å². The average Bonchev–Trinajstić information content (AvgIpc) is 3.04. The fraction of sp³-hybridized carbons (Fsp3) is 0.0400. The van der Waals surface area contributed by atoms with Crippen molar-refractivity contribution in [2.75, 3.05) is 0 Å². The number of hydrogen-bond acceptors (Lipinski definition) is 0. The summed E-state index contributed by atoms with van der Waals surface area (Å²) >= 11 is 0. The van der Waals surface area contributed by atoms with Crippen LogP contribution in [0.1, 0.15) is 22.3 Å². The molecule has 1 aliphatic carbocycles. The molecular formula is C25H18. The Kier molecular flexibility index (Phi) is 3.28. The second-order valence-corrected chi connectivity index (χ2v) is 6.69. The highest BCUT2D eigenvalue weighted by Gasteiger charge is 2.17. The summed E-state index contributed by atoms with van der Waals surface area (Å²) in [6, 6.07) is 30.7. The zero-order valence-electron chi connectivity index (χ0n) is 13.9. The lowest BCUT2D eigenvalue weighted by Crippen LogP contribution is -1.81. The van der Waals surface area contributed by atoms with E-state index in [1.54, 1.807) is 0 Å². The van der Waals surface area contributed by atoms with Crippen molar-refractivity contribution >= 4 is 22.9 Å². The molecule has 4 aromatic rings. The Morgan fingerprint density at radius 3 is 2.12 bits per heavy atom. The first-order chi connectivity index (χ1) is 12.4. The lowest BCUT2D eigenvalue weighted by Gasteiger charge is -2.03. The van der Waals surface area contributed by atoms with Crippen molar-refractivity contribution in [3.8, 4) is 11.1 Å². The first-order valence-electron chi connectivity index (χ1n) is 8.75. The van der Waals surface area contributed by atoms with E-state index in [2.05, 4.69) is 97.1 Å². The van der Waals surface area contributed by atoms with Crippen LogP contribution >= 0.6 is 0 Å². The van der Waals surface area contributed by atoms with Gasteiger partial charge in [0.25, 0.3) is 0 Å². The number of fused-ring (bicyclic) bond motifs is 4. The molecule has 0 aliphatic heterocycles. The molecule has 0 unspecified atom stereocenters. The zero-order chi connectivity index (χ0) is 16.6. The monoisotopic (exact) mass is 318 g/mol. The molecule has 0 fully saturated rings. The van der Waals surface area contributed by atoms with Crippen molar-refractivity contribution in [2.45, 2.75) is 6.42 Å². The van der Waals surface area contributed by atoms with Crippen LogP contribution in [0.2, 0.25) is 0 Å². The van der Waals surface area contributed by atoms with Gasteiger partial charge in [-0.1, -0.05) is 84.9 Å². The molecule has 0 nitrogen and oxygen atoms in total. The number of rotatable bonds is 2. The van der Waals surface area contributed by atoms with Gasteiger partial charge in [-0.05, 0) is 62.7 Å². The SMILES string of the molecule is C(=C\c1ccc2ccccc2c1)/c1ccc2c(c1)-c1ccccc1C2. The number of hydrogen-bond donors (Lipinski definition) is 0. The molecule has 0 heteroatoms. The summed E-state index contributed by atoms with van der Waals surface area (Å²) in [4.78, 5) is 0. The minimum absolute atomic E-state index is 1.06. The Morgan fingerprint density at radius 1 is 0.520 bits per heavy atom. The molecule has 25 heavy (non-hydrogen) atoms.